The molecule has 1 saturated heterocycles. The molecule has 0 radical (unpaired) electrons. The van der Waals surface area contributed by atoms with Crippen molar-refractivity contribution in [1.29, 1.82) is 0 Å². The number of ether oxygens (including phenoxy) is 1. The molecule has 0 amide bonds. The molecule has 0 aromatic heterocycles. The molecule has 1 N–H and O–H groups in total. The number of hydrogen-bond acceptors (Lipinski definition) is 3. The molecule has 3 heteroatoms. The third-order valence-electron chi connectivity index (χ3n) is 4.83. The Morgan fingerprint density at radius 3 is 2.95 bits per heavy atom. The van der Waals surface area contributed by atoms with Gasteiger partial charge in [-0.1, -0.05) is 18.2 Å². The Labute approximate surface area is 128 Å². The maximum Gasteiger partial charge on any atom is 0.124 e. The number of benzene rings is 1. The zero-order valence-electron chi connectivity index (χ0n) is 13.6. The average Bonchev–Trinajstić information content (AvgIpc) is 2.46. The van der Waals surface area contributed by atoms with Gasteiger partial charge in [0.1, 0.15) is 11.4 Å². The van der Waals surface area contributed by atoms with Gasteiger partial charge >= 0.3 is 0 Å². The van der Waals surface area contributed by atoms with Gasteiger partial charge in [-0.15, -0.1) is 0 Å². The first-order valence-corrected chi connectivity index (χ1v) is 8.26. The Kier molecular flexibility index (Phi) is 4.23. The molecule has 2 aliphatic heterocycles. The zero-order chi connectivity index (χ0) is 14.9. The van der Waals surface area contributed by atoms with Crippen LogP contribution in [0.25, 0.3) is 0 Å². The van der Waals surface area contributed by atoms with Gasteiger partial charge in [-0.2, -0.15) is 0 Å². The Morgan fingerprint density at radius 1 is 1.33 bits per heavy atom. The van der Waals surface area contributed by atoms with E-state index >= 15 is 0 Å². The highest BCUT2D eigenvalue weighted by molar-refractivity contribution is 5.38. The SMILES string of the molecule is CNCC1CCCN(C2CC(C)(C)Oc3ccccc32)C1. The molecule has 0 bridgehead atoms. The van der Waals surface area contributed by atoms with Crippen molar-refractivity contribution in [3.05, 3.63) is 29.8 Å². The summed E-state index contributed by atoms with van der Waals surface area (Å²) >= 11 is 0. The summed E-state index contributed by atoms with van der Waals surface area (Å²) in [4.78, 5) is 2.69. The van der Waals surface area contributed by atoms with E-state index in [0.29, 0.717) is 6.04 Å². The minimum absolute atomic E-state index is 0.0744. The van der Waals surface area contributed by atoms with Crippen molar-refractivity contribution in [3.8, 4) is 5.75 Å². The van der Waals surface area contributed by atoms with Crippen LogP contribution in [0.3, 0.4) is 0 Å². The van der Waals surface area contributed by atoms with Crippen LogP contribution < -0.4 is 10.1 Å². The number of likely N-dealkylation sites (tertiary alicyclic amines) is 1. The van der Waals surface area contributed by atoms with E-state index in [1.165, 1.54) is 31.5 Å². The van der Waals surface area contributed by atoms with Crippen LogP contribution in [0.2, 0.25) is 0 Å². The van der Waals surface area contributed by atoms with Gasteiger partial charge in [-0.05, 0) is 58.8 Å². The van der Waals surface area contributed by atoms with Crippen molar-refractivity contribution in [2.24, 2.45) is 5.92 Å². The highest BCUT2D eigenvalue weighted by Crippen LogP contribution is 2.43. The second-order valence-electron chi connectivity index (χ2n) is 7.18. The van der Waals surface area contributed by atoms with Crippen LogP contribution in [0.5, 0.6) is 5.75 Å². The lowest BCUT2D eigenvalue weighted by molar-refractivity contribution is 0.0154. The van der Waals surface area contributed by atoms with Crippen LogP contribution in [0.4, 0.5) is 0 Å². The molecule has 0 aliphatic carbocycles. The number of nitrogens with one attached hydrogen (secondary N) is 1. The Bertz CT molecular complexity index is 484. The molecule has 3 nitrogen and oxygen atoms in total. The van der Waals surface area contributed by atoms with Gasteiger partial charge in [0.15, 0.2) is 0 Å². The molecule has 2 heterocycles. The summed E-state index contributed by atoms with van der Waals surface area (Å²) in [5, 5.41) is 3.34. The van der Waals surface area contributed by atoms with Gasteiger partial charge in [0.25, 0.3) is 0 Å². The maximum atomic E-state index is 6.18. The fraction of sp³-hybridized carbons (Fsp3) is 0.667. The van der Waals surface area contributed by atoms with Gasteiger partial charge in [-0.25, -0.2) is 0 Å². The summed E-state index contributed by atoms with van der Waals surface area (Å²) in [5.41, 5.74) is 1.30. The number of nitrogens with zero attached hydrogens (tertiary/aromatic N) is 1. The highest BCUT2D eigenvalue weighted by Gasteiger charge is 2.37. The Morgan fingerprint density at radius 2 is 2.14 bits per heavy atom. The summed E-state index contributed by atoms with van der Waals surface area (Å²) in [6.07, 6.45) is 3.74. The molecule has 0 saturated carbocycles. The zero-order valence-corrected chi connectivity index (χ0v) is 13.6. The quantitative estimate of drug-likeness (QED) is 0.924. The second kappa shape index (κ2) is 5.98. The second-order valence-corrected chi connectivity index (χ2v) is 7.18. The summed E-state index contributed by atoms with van der Waals surface area (Å²) < 4.78 is 6.18. The van der Waals surface area contributed by atoms with Gasteiger partial charge in [0.2, 0.25) is 0 Å². The predicted molar refractivity (Wildman–Crippen MR) is 86.7 cm³/mol. The fourth-order valence-corrected chi connectivity index (χ4v) is 3.93. The van der Waals surface area contributed by atoms with Crippen LogP contribution in [0.1, 0.15) is 44.7 Å². The van der Waals surface area contributed by atoms with E-state index in [9.17, 15) is 0 Å². The molecule has 21 heavy (non-hydrogen) atoms. The molecule has 2 unspecified atom stereocenters. The van der Waals surface area contributed by atoms with Crippen molar-refractivity contribution < 1.29 is 4.74 Å². The van der Waals surface area contributed by atoms with E-state index in [1.54, 1.807) is 0 Å². The lowest BCUT2D eigenvalue weighted by Gasteiger charge is -2.45. The average molecular weight is 288 g/mol. The number of fused-ring (bicyclic) bond motifs is 1. The van der Waals surface area contributed by atoms with Crippen LogP contribution in [0.15, 0.2) is 24.3 Å². The largest absolute Gasteiger partial charge is 0.487 e. The van der Waals surface area contributed by atoms with Crippen molar-refractivity contribution in [2.45, 2.75) is 44.8 Å². The van der Waals surface area contributed by atoms with Gasteiger partial charge in [-0.3, -0.25) is 4.90 Å². The maximum absolute atomic E-state index is 6.18. The first-order chi connectivity index (χ1) is 10.1. The van der Waals surface area contributed by atoms with Crippen molar-refractivity contribution >= 4 is 0 Å². The molecule has 0 spiro atoms. The third-order valence-corrected chi connectivity index (χ3v) is 4.83. The summed E-state index contributed by atoms with van der Waals surface area (Å²) in [7, 11) is 2.06. The minimum Gasteiger partial charge on any atom is -0.487 e. The van der Waals surface area contributed by atoms with E-state index in [2.05, 4.69) is 55.4 Å². The summed E-state index contributed by atoms with van der Waals surface area (Å²) in [5.74, 6) is 1.86. The van der Waals surface area contributed by atoms with Crippen LogP contribution >= 0.6 is 0 Å². The number of rotatable bonds is 3. The molecule has 2 aliphatic rings. The van der Waals surface area contributed by atoms with E-state index in [1.807, 2.05) is 0 Å². The Balaban J connectivity index is 1.83. The van der Waals surface area contributed by atoms with Gasteiger partial charge in [0, 0.05) is 24.6 Å². The van der Waals surface area contributed by atoms with Crippen molar-refractivity contribution in [1.82, 2.24) is 10.2 Å². The lowest BCUT2D eigenvalue weighted by atomic mass is 9.86. The normalized spacial score (nSPS) is 28.7. The topological polar surface area (TPSA) is 24.5 Å². The first-order valence-electron chi connectivity index (χ1n) is 8.26. The van der Waals surface area contributed by atoms with E-state index in [-0.39, 0.29) is 5.60 Å². The number of hydrogen-bond donors (Lipinski definition) is 1. The molecule has 1 aromatic carbocycles. The van der Waals surface area contributed by atoms with Crippen LogP contribution in [-0.2, 0) is 0 Å². The van der Waals surface area contributed by atoms with Crippen molar-refractivity contribution in [2.75, 3.05) is 26.7 Å². The minimum atomic E-state index is -0.0744. The highest BCUT2D eigenvalue weighted by atomic mass is 16.5. The summed E-state index contributed by atoms with van der Waals surface area (Å²) in [6, 6.07) is 9.10. The third kappa shape index (κ3) is 3.24. The molecule has 1 fully saturated rings. The molecule has 1 aromatic rings. The van der Waals surface area contributed by atoms with Gasteiger partial charge in [0.05, 0.1) is 0 Å². The fourth-order valence-electron chi connectivity index (χ4n) is 3.93. The van der Waals surface area contributed by atoms with Crippen LogP contribution in [-0.4, -0.2) is 37.2 Å². The number of piperidine rings is 1. The molecule has 2 atom stereocenters. The van der Waals surface area contributed by atoms with Crippen LogP contribution in [0, 0.1) is 5.92 Å². The number of para-hydroxylation sites is 1. The monoisotopic (exact) mass is 288 g/mol. The van der Waals surface area contributed by atoms with E-state index < -0.39 is 0 Å². The molecule has 3 rings (SSSR count). The summed E-state index contributed by atoms with van der Waals surface area (Å²) in [6.45, 7) is 7.98. The molecular formula is C18H28N2O. The first kappa shape index (κ1) is 14.9. The molecular weight excluding hydrogens is 260 g/mol. The predicted octanol–water partition coefficient (Wildman–Crippen LogP) is 3.22. The van der Waals surface area contributed by atoms with Gasteiger partial charge < -0.3 is 10.1 Å². The smallest absolute Gasteiger partial charge is 0.124 e. The Hall–Kier alpha value is -1.06. The van der Waals surface area contributed by atoms with Crippen molar-refractivity contribution in [3.63, 3.8) is 0 Å². The van der Waals surface area contributed by atoms with E-state index in [0.717, 1.165) is 24.6 Å². The standard InChI is InChI=1S/C18H28N2O/c1-18(2)11-16(15-8-4-5-9-17(15)21-18)20-10-6-7-14(13-20)12-19-3/h4-5,8-9,14,16,19H,6-7,10-13H2,1-3H3. The van der Waals surface area contributed by atoms with E-state index in [4.69, 9.17) is 4.74 Å². The lowest BCUT2D eigenvalue weighted by Crippen LogP contribution is -2.46. The molecule has 116 valence electrons.